The molecule has 0 atom stereocenters. The van der Waals surface area contributed by atoms with Gasteiger partial charge in [-0.3, -0.25) is 9.59 Å². The topological polar surface area (TPSA) is 34.1 Å². The number of carbonyl (C=O) groups is 2. The lowest BCUT2D eigenvalue weighted by molar-refractivity contribution is -0.387. The van der Waals surface area contributed by atoms with Crippen LogP contribution in [0.25, 0.3) is 0 Å². The van der Waals surface area contributed by atoms with E-state index in [1.807, 2.05) is 0 Å². The summed E-state index contributed by atoms with van der Waals surface area (Å²) in [4.78, 5) is 22.6. The van der Waals surface area contributed by atoms with Gasteiger partial charge in [-0.2, -0.15) is 35.1 Å². The van der Waals surface area contributed by atoms with Gasteiger partial charge in [-0.15, -0.1) is 0 Å². The van der Waals surface area contributed by atoms with Gasteiger partial charge in [0.15, 0.2) is 5.78 Å². The van der Waals surface area contributed by atoms with E-state index in [-0.39, 0.29) is 18.2 Å². The van der Waals surface area contributed by atoms with Crippen LogP contribution in [0.1, 0.15) is 16.8 Å². The first-order valence-corrected chi connectivity index (χ1v) is 6.18. The zero-order chi connectivity index (χ0) is 20.7. The highest BCUT2D eigenvalue weighted by molar-refractivity contribution is 6.10. The molecule has 13 heteroatoms. The maximum atomic E-state index is 13.4. The quantitative estimate of drug-likeness (QED) is 0.411. The van der Waals surface area contributed by atoms with Crippen molar-refractivity contribution >= 4 is 11.6 Å². The van der Waals surface area contributed by atoms with Crippen molar-refractivity contribution in [3.8, 4) is 0 Å². The van der Waals surface area contributed by atoms with Gasteiger partial charge in [0.1, 0.15) is 11.6 Å². The second-order valence-corrected chi connectivity index (χ2v) is 4.91. The van der Waals surface area contributed by atoms with E-state index in [2.05, 4.69) is 0 Å². The predicted octanol–water partition coefficient (Wildman–Crippen LogP) is 4.57. The van der Waals surface area contributed by atoms with Gasteiger partial charge in [-0.1, -0.05) is 0 Å². The Bertz CT molecular complexity index is 684. The fourth-order valence-corrected chi connectivity index (χ4v) is 1.78. The van der Waals surface area contributed by atoms with Crippen molar-refractivity contribution in [2.24, 2.45) is 0 Å². The summed E-state index contributed by atoms with van der Waals surface area (Å²) in [6, 6.07) is 0.577. The zero-order valence-electron chi connectivity index (χ0n) is 11.9. The Labute approximate surface area is 136 Å². The highest BCUT2D eigenvalue weighted by Gasteiger charge is 2.86. The van der Waals surface area contributed by atoms with Crippen molar-refractivity contribution in [3.63, 3.8) is 0 Å². The van der Waals surface area contributed by atoms with Crippen LogP contribution in [-0.4, -0.2) is 35.5 Å². The Morgan fingerprint density at radius 2 is 1.12 bits per heavy atom. The lowest BCUT2D eigenvalue weighted by atomic mass is 9.89. The number of ketones is 2. The highest BCUT2D eigenvalue weighted by Crippen LogP contribution is 2.55. The molecule has 26 heavy (non-hydrogen) atoms. The van der Waals surface area contributed by atoms with Gasteiger partial charge < -0.3 is 0 Å². The third-order valence-electron chi connectivity index (χ3n) is 3.07. The van der Waals surface area contributed by atoms with Crippen LogP contribution in [0, 0.1) is 11.6 Å². The van der Waals surface area contributed by atoms with E-state index < -0.39 is 59.1 Å². The molecular weight excluding hydrogens is 397 g/mol. The van der Waals surface area contributed by atoms with Gasteiger partial charge in [0, 0.05) is 11.6 Å². The molecule has 0 bridgehead atoms. The molecule has 1 aromatic rings. The number of rotatable bonds is 5. The zero-order valence-corrected chi connectivity index (χ0v) is 11.9. The molecule has 0 spiro atoms. The summed E-state index contributed by atoms with van der Waals surface area (Å²) in [5.41, 5.74) is -8.40. The third-order valence-corrected chi connectivity index (χ3v) is 3.07. The molecule has 0 aliphatic heterocycles. The Morgan fingerprint density at radius 3 is 1.46 bits per heavy atom. The number of halogens is 11. The Kier molecular flexibility index (Phi) is 5.46. The maximum absolute atomic E-state index is 13.4. The molecule has 0 saturated heterocycles. The van der Waals surface area contributed by atoms with Gasteiger partial charge in [-0.25, -0.2) is 13.2 Å². The molecule has 0 aliphatic rings. The second kappa shape index (κ2) is 6.50. The number of carbonyl (C=O) groups excluding carboxylic acids is 2. The molecule has 0 amide bonds. The molecule has 1 aromatic carbocycles. The van der Waals surface area contributed by atoms with E-state index in [0.717, 1.165) is 0 Å². The Hall–Kier alpha value is -2.21. The fourth-order valence-electron chi connectivity index (χ4n) is 1.78. The van der Waals surface area contributed by atoms with E-state index in [0.29, 0.717) is 0 Å². The molecular formula is C13H5F11O2. The largest absolute Gasteiger partial charge is 0.438 e. The minimum Gasteiger partial charge on any atom is -0.294 e. The van der Waals surface area contributed by atoms with E-state index in [1.165, 1.54) is 0 Å². The van der Waals surface area contributed by atoms with Gasteiger partial charge in [0.2, 0.25) is 5.78 Å². The lowest BCUT2D eigenvalue weighted by Crippen LogP contribution is -2.67. The van der Waals surface area contributed by atoms with E-state index in [4.69, 9.17) is 0 Å². The number of Topliss-reactive ketones (excluding diaryl/α,β-unsaturated/α-hetero) is 2. The Balaban J connectivity index is 3.26. The SMILES string of the molecule is O=C(CC(=O)C(F)(F)C(F)(C(F)(F)F)C(F)(F)F)c1cc(F)cc(F)c1. The monoisotopic (exact) mass is 402 g/mol. The third kappa shape index (κ3) is 3.65. The van der Waals surface area contributed by atoms with Gasteiger partial charge in [-0.05, 0) is 12.1 Å². The minimum atomic E-state index is -7.27. The molecule has 1 rings (SSSR count). The molecule has 146 valence electrons. The summed E-state index contributed by atoms with van der Waals surface area (Å²) >= 11 is 0. The van der Waals surface area contributed by atoms with Gasteiger partial charge in [0.25, 0.3) is 0 Å². The predicted molar refractivity (Wildman–Crippen MR) is 61.2 cm³/mol. The summed E-state index contributed by atoms with van der Waals surface area (Å²) in [7, 11) is 0. The number of hydrogen-bond acceptors (Lipinski definition) is 2. The molecule has 0 aliphatic carbocycles. The van der Waals surface area contributed by atoms with Gasteiger partial charge >= 0.3 is 23.9 Å². The first-order valence-electron chi connectivity index (χ1n) is 6.18. The summed E-state index contributed by atoms with van der Waals surface area (Å²) in [6.07, 6.45) is -16.9. The summed E-state index contributed by atoms with van der Waals surface area (Å²) < 4.78 is 140. The van der Waals surface area contributed by atoms with Gasteiger partial charge in [0.05, 0.1) is 6.42 Å². The van der Waals surface area contributed by atoms with Crippen molar-refractivity contribution in [3.05, 3.63) is 35.4 Å². The fraction of sp³-hybridized carbons (Fsp3) is 0.385. The first-order chi connectivity index (χ1) is 11.4. The molecule has 0 radical (unpaired) electrons. The molecule has 0 unspecified atom stereocenters. The van der Waals surface area contributed by atoms with Crippen LogP contribution in [0.15, 0.2) is 18.2 Å². The second-order valence-electron chi connectivity index (χ2n) is 4.91. The van der Waals surface area contributed by atoms with E-state index >= 15 is 0 Å². The van der Waals surface area contributed by atoms with Crippen LogP contribution >= 0.6 is 0 Å². The maximum Gasteiger partial charge on any atom is 0.438 e. The highest BCUT2D eigenvalue weighted by atomic mass is 19.4. The minimum absolute atomic E-state index is 0.188. The van der Waals surface area contributed by atoms with Crippen molar-refractivity contribution in [1.29, 1.82) is 0 Å². The summed E-state index contributed by atoms with van der Waals surface area (Å²) in [5.74, 6) is -14.9. The van der Waals surface area contributed by atoms with Crippen molar-refractivity contribution in [2.45, 2.75) is 30.4 Å². The summed E-state index contributed by atoms with van der Waals surface area (Å²) in [6.45, 7) is 0. The molecule has 0 fully saturated rings. The smallest absolute Gasteiger partial charge is 0.294 e. The van der Waals surface area contributed by atoms with Crippen LogP contribution in [0.3, 0.4) is 0 Å². The molecule has 0 heterocycles. The average molecular weight is 402 g/mol. The Morgan fingerprint density at radius 1 is 0.731 bits per heavy atom. The number of benzene rings is 1. The standard InChI is InChI=1S/C13H5F11O2/c14-6-1-5(2-7(15)3-6)8(25)4-9(26)10(16,17)11(18,12(19,20)21)13(22,23)24/h1-3H,4H2. The molecule has 0 N–H and O–H groups in total. The van der Waals surface area contributed by atoms with Crippen molar-refractivity contribution < 1.29 is 57.9 Å². The van der Waals surface area contributed by atoms with Crippen LogP contribution < -0.4 is 0 Å². The van der Waals surface area contributed by atoms with Crippen LogP contribution in [0.5, 0.6) is 0 Å². The first kappa shape index (κ1) is 21.8. The summed E-state index contributed by atoms with van der Waals surface area (Å²) in [5, 5.41) is 0. The number of hydrogen-bond donors (Lipinski definition) is 0. The lowest BCUT2D eigenvalue weighted by Gasteiger charge is -2.35. The van der Waals surface area contributed by atoms with Crippen LogP contribution in [0.2, 0.25) is 0 Å². The molecule has 2 nitrogen and oxygen atoms in total. The van der Waals surface area contributed by atoms with Crippen LogP contribution in [0.4, 0.5) is 48.3 Å². The van der Waals surface area contributed by atoms with Crippen LogP contribution in [-0.2, 0) is 4.79 Å². The van der Waals surface area contributed by atoms with E-state index in [1.54, 1.807) is 0 Å². The molecule has 0 saturated carbocycles. The normalized spacial score (nSPS) is 13.7. The van der Waals surface area contributed by atoms with Crippen molar-refractivity contribution in [2.75, 3.05) is 0 Å². The van der Waals surface area contributed by atoms with E-state index in [9.17, 15) is 57.9 Å². The molecule has 0 aromatic heterocycles. The van der Waals surface area contributed by atoms with Crippen molar-refractivity contribution in [1.82, 2.24) is 0 Å². The number of alkyl halides is 9. The average Bonchev–Trinajstić information content (AvgIpc) is 2.42.